The van der Waals surface area contributed by atoms with E-state index in [2.05, 4.69) is 21.3 Å². The average molecular weight is 492 g/mol. The Hall–Kier alpha value is -2.95. The van der Waals surface area contributed by atoms with Gasteiger partial charge in [0.1, 0.15) is 6.04 Å². The summed E-state index contributed by atoms with van der Waals surface area (Å²) >= 11 is 1.87. The van der Waals surface area contributed by atoms with Crippen molar-refractivity contribution in [3.05, 3.63) is 29.8 Å². The minimum atomic E-state index is -1.09. The second-order valence-corrected chi connectivity index (χ2v) is 9.97. The molecule has 0 spiro atoms. The van der Waals surface area contributed by atoms with Crippen LogP contribution in [0.1, 0.15) is 55.3 Å². The second kappa shape index (κ2) is 12.5. The molecular weight excluding hydrogens is 458 g/mol. The maximum absolute atomic E-state index is 12.2. The zero-order valence-electron chi connectivity index (χ0n) is 19.0. The largest absolute Gasteiger partial charge is 0.480 e. The van der Waals surface area contributed by atoms with Crippen LogP contribution in [0.25, 0.3) is 0 Å². The van der Waals surface area contributed by atoms with E-state index in [1.54, 1.807) is 24.3 Å². The zero-order valence-corrected chi connectivity index (χ0v) is 19.9. The summed E-state index contributed by atoms with van der Waals surface area (Å²) in [4.78, 5) is 47.2. The Morgan fingerprint density at radius 2 is 1.88 bits per heavy atom. The number of nitrogens with two attached hydrogens (primary N) is 1. The summed E-state index contributed by atoms with van der Waals surface area (Å²) < 4.78 is 0. The van der Waals surface area contributed by atoms with Gasteiger partial charge in [-0.2, -0.15) is 11.8 Å². The van der Waals surface area contributed by atoms with Crippen molar-refractivity contribution < 1.29 is 24.3 Å². The smallest absolute Gasteiger partial charge is 0.326 e. The van der Waals surface area contributed by atoms with Gasteiger partial charge in [-0.05, 0) is 56.4 Å². The van der Waals surface area contributed by atoms with E-state index in [9.17, 15) is 24.3 Å². The number of anilines is 1. The van der Waals surface area contributed by atoms with Crippen LogP contribution in [0.5, 0.6) is 0 Å². The second-order valence-electron chi connectivity index (χ2n) is 8.70. The predicted octanol–water partition coefficient (Wildman–Crippen LogP) is 1.46. The SMILES string of the molecule is Nc1ccc(C(=O)NC(CCCCNC(=O)CCCCC2SC[C@@H]3NC(=O)N[C@H]23)C(=O)O)cc1. The van der Waals surface area contributed by atoms with Crippen molar-refractivity contribution in [2.75, 3.05) is 18.0 Å². The molecule has 2 unspecified atom stereocenters. The molecule has 1 aromatic carbocycles. The highest BCUT2D eigenvalue weighted by molar-refractivity contribution is 8.00. The van der Waals surface area contributed by atoms with Crippen LogP contribution >= 0.6 is 11.8 Å². The van der Waals surface area contributed by atoms with Gasteiger partial charge in [0, 0.05) is 35.2 Å². The molecule has 11 heteroatoms. The normalized spacial score (nSPS) is 21.8. The van der Waals surface area contributed by atoms with Crippen LogP contribution in [0.2, 0.25) is 0 Å². The lowest BCUT2D eigenvalue weighted by atomic mass is 10.0. The van der Waals surface area contributed by atoms with Crippen molar-refractivity contribution in [3.63, 3.8) is 0 Å². The molecule has 4 amide bonds. The number of amides is 4. The molecule has 10 nitrogen and oxygen atoms in total. The van der Waals surface area contributed by atoms with Gasteiger partial charge in [-0.3, -0.25) is 9.59 Å². The van der Waals surface area contributed by atoms with E-state index < -0.39 is 17.9 Å². The van der Waals surface area contributed by atoms with Gasteiger partial charge in [0.15, 0.2) is 0 Å². The number of nitrogen functional groups attached to an aromatic ring is 1. The summed E-state index contributed by atoms with van der Waals surface area (Å²) in [6.07, 6.45) is 4.60. The number of carboxylic acid groups (broad SMARTS) is 1. The van der Waals surface area contributed by atoms with E-state index in [1.165, 1.54) is 0 Å². The molecule has 4 atom stereocenters. The van der Waals surface area contributed by atoms with Crippen LogP contribution in [-0.2, 0) is 9.59 Å². The Balaban J connectivity index is 1.24. The number of carboxylic acids is 1. The summed E-state index contributed by atoms with van der Waals surface area (Å²) in [6.45, 7) is 0.469. The van der Waals surface area contributed by atoms with Gasteiger partial charge in [-0.15, -0.1) is 0 Å². The highest BCUT2D eigenvalue weighted by Crippen LogP contribution is 2.33. The maximum Gasteiger partial charge on any atom is 0.326 e. The Bertz CT molecular complexity index is 881. The van der Waals surface area contributed by atoms with E-state index >= 15 is 0 Å². The first kappa shape index (κ1) is 25.7. The number of carbonyl (C=O) groups excluding carboxylic acids is 3. The third-order valence-electron chi connectivity index (χ3n) is 6.10. The van der Waals surface area contributed by atoms with Crippen molar-refractivity contribution in [1.82, 2.24) is 21.3 Å². The van der Waals surface area contributed by atoms with Crippen molar-refractivity contribution in [1.29, 1.82) is 0 Å². The van der Waals surface area contributed by atoms with Crippen LogP contribution in [-0.4, -0.2) is 64.6 Å². The number of hydrogen-bond donors (Lipinski definition) is 6. The number of fused-ring (bicyclic) bond motifs is 1. The summed E-state index contributed by atoms with van der Waals surface area (Å²) in [5.41, 5.74) is 6.48. The molecule has 186 valence electrons. The van der Waals surface area contributed by atoms with Crippen molar-refractivity contribution >= 4 is 41.3 Å². The first-order valence-corrected chi connectivity index (χ1v) is 12.7. The number of rotatable bonds is 13. The molecule has 0 bridgehead atoms. The van der Waals surface area contributed by atoms with Gasteiger partial charge in [0.2, 0.25) is 5.91 Å². The Morgan fingerprint density at radius 3 is 2.62 bits per heavy atom. The molecule has 2 saturated heterocycles. The fourth-order valence-electron chi connectivity index (χ4n) is 4.20. The molecule has 2 fully saturated rings. The minimum absolute atomic E-state index is 0.0146. The molecule has 2 heterocycles. The molecule has 1 aromatic rings. The van der Waals surface area contributed by atoms with Gasteiger partial charge in [0.25, 0.3) is 5.91 Å². The van der Waals surface area contributed by atoms with Gasteiger partial charge in [-0.1, -0.05) is 6.42 Å². The predicted molar refractivity (Wildman–Crippen MR) is 131 cm³/mol. The van der Waals surface area contributed by atoms with Gasteiger partial charge < -0.3 is 32.1 Å². The quantitative estimate of drug-likeness (QED) is 0.138. The number of urea groups is 1. The number of carbonyl (C=O) groups is 4. The highest BCUT2D eigenvalue weighted by atomic mass is 32.2. The number of unbranched alkanes of at least 4 members (excludes halogenated alkanes) is 2. The molecule has 0 aliphatic carbocycles. The first-order valence-electron chi connectivity index (χ1n) is 11.7. The number of thioether (sulfide) groups is 1. The maximum atomic E-state index is 12.2. The molecule has 2 aliphatic rings. The van der Waals surface area contributed by atoms with Crippen LogP contribution < -0.4 is 27.0 Å². The van der Waals surface area contributed by atoms with Crippen molar-refractivity contribution in [2.24, 2.45) is 0 Å². The molecule has 0 saturated carbocycles. The average Bonchev–Trinajstić information content (AvgIpc) is 3.35. The van der Waals surface area contributed by atoms with E-state index in [-0.39, 0.29) is 30.4 Å². The fourth-order valence-corrected chi connectivity index (χ4v) is 5.74. The Kier molecular flexibility index (Phi) is 9.43. The van der Waals surface area contributed by atoms with E-state index in [0.29, 0.717) is 42.3 Å². The highest BCUT2D eigenvalue weighted by Gasteiger charge is 2.42. The van der Waals surface area contributed by atoms with E-state index in [1.807, 2.05) is 11.8 Å². The lowest BCUT2D eigenvalue weighted by molar-refractivity contribution is -0.139. The summed E-state index contributed by atoms with van der Waals surface area (Å²) in [5.74, 6) is -0.631. The van der Waals surface area contributed by atoms with Crippen LogP contribution in [0.15, 0.2) is 24.3 Å². The summed E-state index contributed by atoms with van der Waals surface area (Å²) in [7, 11) is 0. The molecule has 7 N–H and O–H groups in total. The molecule has 3 rings (SSSR count). The lowest BCUT2D eigenvalue weighted by Crippen LogP contribution is -2.40. The third-order valence-corrected chi connectivity index (χ3v) is 7.61. The fraction of sp³-hybridized carbons (Fsp3) is 0.565. The van der Waals surface area contributed by atoms with Crippen LogP contribution in [0.3, 0.4) is 0 Å². The number of hydrogen-bond acceptors (Lipinski definition) is 6. The number of benzene rings is 1. The number of aliphatic carboxylic acids is 1. The van der Waals surface area contributed by atoms with E-state index in [0.717, 1.165) is 25.0 Å². The summed E-state index contributed by atoms with van der Waals surface area (Å²) in [5, 5.41) is 21.1. The van der Waals surface area contributed by atoms with Gasteiger partial charge in [-0.25, -0.2) is 9.59 Å². The zero-order chi connectivity index (χ0) is 24.5. The van der Waals surface area contributed by atoms with Crippen LogP contribution in [0, 0.1) is 0 Å². The summed E-state index contributed by atoms with van der Waals surface area (Å²) in [6, 6.07) is 5.60. The minimum Gasteiger partial charge on any atom is -0.480 e. The topological polar surface area (TPSA) is 163 Å². The standard InChI is InChI=1S/C23H33N5O5S/c24-15-10-8-14(9-11-15)21(30)26-16(22(31)32)5-3-4-12-25-19(29)7-2-1-6-18-20-17(13-34-18)27-23(33)28-20/h8-11,16-18,20H,1-7,12-13,24H2,(H,25,29)(H,26,30)(H,31,32)(H2,27,28,33)/t16?,17-,18?,20-/m0/s1. The van der Waals surface area contributed by atoms with E-state index in [4.69, 9.17) is 5.73 Å². The van der Waals surface area contributed by atoms with Crippen LogP contribution in [0.4, 0.5) is 10.5 Å². The molecule has 2 aliphatic heterocycles. The molecule has 34 heavy (non-hydrogen) atoms. The Labute approximate surface area is 203 Å². The lowest BCUT2D eigenvalue weighted by Gasteiger charge is -2.16. The van der Waals surface area contributed by atoms with Crippen molar-refractivity contribution in [3.8, 4) is 0 Å². The number of nitrogens with one attached hydrogen (secondary N) is 4. The molecule has 0 radical (unpaired) electrons. The van der Waals surface area contributed by atoms with Crippen molar-refractivity contribution in [2.45, 2.75) is 68.3 Å². The third kappa shape index (κ3) is 7.54. The first-order chi connectivity index (χ1) is 16.3. The Morgan fingerprint density at radius 1 is 1.12 bits per heavy atom. The monoisotopic (exact) mass is 491 g/mol. The van der Waals surface area contributed by atoms with Gasteiger partial charge in [0.05, 0.1) is 12.1 Å². The molecular formula is C23H33N5O5S. The molecule has 0 aromatic heterocycles. The van der Waals surface area contributed by atoms with Gasteiger partial charge >= 0.3 is 12.0 Å².